The Morgan fingerprint density at radius 3 is 2.16 bits per heavy atom. The summed E-state index contributed by atoms with van der Waals surface area (Å²) in [6, 6.07) is 9.49. The highest BCUT2D eigenvalue weighted by molar-refractivity contribution is 7.98. The first-order valence-corrected chi connectivity index (χ1v) is 8.87. The molecule has 1 nitrogen and oxygen atoms in total. The maximum atomic E-state index is 3.77. The highest BCUT2D eigenvalue weighted by Crippen LogP contribution is 2.48. The maximum Gasteiger partial charge on any atom is 0.0291 e. The van der Waals surface area contributed by atoms with Crippen molar-refractivity contribution >= 4 is 11.8 Å². The SMILES string of the molecule is CSc1ccc(C(C)NCC(C2CC2)C2CC2)cc1. The third-order valence-corrected chi connectivity index (χ3v) is 5.47. The molecule has 1 atom stereocenters. The van der Waals surface area contributed by atoms with E-state index in [1.807, 2.05) is 11.8 Å². The maximum absolute atomic E-state index is 3.77. The smallest absolute Gasteiger partial charge is 0.0291 e. The van der Waals surface area contributed by atoms with Crippen molar-refractivity contribution in [1.29, 1.82) is 0 Å². The van der Waals surface area contributed by atoms with Gasteiger partial charge in [0, 0.05) is 10.9 Å². The van der Waals surface area contributed by atoms with Crippen LogP contribution in [0.4, 0.5) is 0 Å². The summed E-state index contributed by atoms with van der Waals surface area (Å²) in [4.78, 5) is 1.35. The van der Waals surface area contributed by atoms with E-state index in [4.69, 9.17) is 0 Å². The van der Waals surface area contributed by atoms with Crippen LogP contribution in [0.15, 0.2) is 29.2 Å². The van der Waals surface area contributed by atoms with Crippen molar-refractivity contribution in [2.45, 2.75) is 43.5 Å². The second-order valence-corrected chi connectivity index (χ2v) is 7.12. The summed E-state index contributed by atoms with van der Waals surface area (Å²) in [5.41, 5.74) is 1.42. The number of benzene rings is 1. The molecule has 0 amide bonds. The summed E-state index contributed by atoms with van der Waals surface area (Å²) >= 11 is 1.81. The molecule has 0 saturated heterocycles. The van der Waals surface area contributed by atoms with Crippen molar-refractivity contribution < 1.29 is 0 Å². The molecule has 3 rings (SSSR count). The lowest BCUT2D eigenvalue weighted by molar-refractivity contribution is 0.362. The van der Waals surface area contributed by atoms with Crippen LogP contribution >= 0.6 is 11.8 Å². The molecule has 2 aliphatic rings. The summed E-state index contributed by atoms with van der Waals surface area (Å²) in [5.74, 6) is 3.06. The third-order valence-electron chi connectivity index (χ3n) is 4.73. The summed E-state index contributed by atoms with van der Waals surface area (Å²) in [6.07, 6.45) is 8.07. The topological polar surface area (TPSA) is 12.0 Å². The zero-order chi connectivity index (χ0) is 13.2. The second-order valence-electron chi connectivity index (χ2n) is 6.24. The molecule has 2 aliphatic carbocycles. The van der Waals surface area contributed by atoms with E-state index in [9.17, 15) is 0 Å². The zero-order valence-electron chi connectivity index (χ0n) is 12.1. The van der Waals surface area contributed by atoms with Crippen molar-refractivity contribution in [3.8, 4) is 0 Å². The quantitative estimate of drug-likeness (QED) is 0.736. The first-order chi connectivity index (χ1) is 9.28. The van der Waals surface area contributed by atoms with Crippen LogP contribution in [-0.2, 0) is 0 Å². The molecule has 2 heteroatoms. The Morgan fingerprint density at radius 1 is 1.11 bits per heavy atom. The molecule has 1 N–H and O–H groups in total. The molecule has 0 radical (unpaired) electrons. The van der Waals surface area contributed by atoms with Crippen LogP contribution in [0, 0.1) is 17.8 Å². The standard InChI is InChI=1S/C17H25NS/c1-12(13-7-9-16(19-2)10-8-13)18-11-17(14-3-4-14)15-5-6-15/h7-10,12,14-15,17-18H,3-6,11H2,1-2H3. The number of thioether (sulfide) groups is 1. The molecule has 104 valence electrons. The van der Waals surface area contributed by atoms with Crippen molar-refractivity contribution in [1.82, 2.24) is 5.32 Å². The van der Waals surface area contributed by atoms with Gasteiger partial charge in [-0.2, -0.15) is 0 Å². The summed E-state index contributed by atoms with van der Waals surface area (Å²) in [6.45, 7) is 3.52. The van der Waals surface area contributed by atoms with Gasteiger partial charge in [0.2, 0.25) is 0 Å². The summed E-state index contributed by atoms with van der Waals surface area (Å²) in [7, 11) is 0. The van der Waals surface area contributed by atoms with E-state index in [0.717, 1.165) is 17.8 Å². The molecule has 2 saturated carbocycles. The van der Waals surface area contributed by atoms with Gasteiger partial charge in [0.25, 0.3) is 0 Å². The molecule has 19 heavy (non-hydrogen) atoms. The van der Waals surface area contributed by atoms with Gasteiger partial charge in [-0.15, -0.1) is 11.8 Å². The van der Waals surface area contributed by atoms with Crippen LogP contribution < -0.4 is 5.32 Å². The van der Waals surface area contributed by atoms with E-state index in [1.54, 1.807) is 0 Å². The highest BCUT2D eigenvalue weighted by Gasteiger charge is 2.41. The first kappa shape index (κ1) is 13.5. The average Bonchev–Trinajstić information content (AvgIpc) is 3.31. The molecule has 0 spiro atoms. The van der Waals surface area contributed by atoms with Crippen LogP contribution in [-0.4, -0.2) is 12.8 Å². The molecule has 0 heterocycles. The zero-order valence-corrected chi connectivity index (χ0v) is 12.9. The monoisotopic (exact) mass is 275 g/mol. The van der Waals surface area contributed by atoms with Gasteiger partial charge in [-0.05, 0) is 80.9 Å². The Hall–Kier alpha value is -0.470. The third kappa shape index (κ3) is 3.55. The molecular weight excluding hydrogens is 250 g/mol. The molecule has 1 aromatic carbocycles. The van der Waals surface area contributed by atoms with Gasteiger partial charge in [-0.3, -0.25) is 0 Å². The highest BCUT2D eigenvalue weighted by atomic mass is 32.2. The van der Waals surface area contributed by atoms with Crippen LogP contribution in [0.2, 0.25) is 0 Å². The molecule has 1 unspecified atom stereocenters. The predicted octanol–water partition coefficient (Wildman–Crippen LogP) is 4.50. The fourth-order valence-electron chi connectivity index (χ4n) is 3.09. The Morgan fingerprint density at radius 2 is 1.68 bits per heavy atom. The van der Waals surface area contributed by atoms with E-state index in [0.29, 0.717) is 6.04 Å². The van der Waals surface area contributed by atoms with Crippen molar-refractivity contribution in [3.63, 3.8) is 0 Å². The Bertz CT molecular complexity index is 394. The number of nitrogens with one attached hydrogen (secondary N) is 1. The largest absolute Gasteiger partial charge is 0.310 e. The van der Waals surface area contributed by atoms with Crippen LogP contribution in [0.1, 0.15) is 44.2 Å². The number of hydrogen-bond acceptors (Lipinski definition) is 2. The van der Waals surface area contributed by atoms with Crippen LogP contribution in [0.3, 0.4) is 0 Å². The van der Waals surface area contributed by atoms with Crippen molar-refractivity contribution in [3.05, 3.63) is 29.8 Å². The van der Waals surface area contributed by atoms with Crippen molar-refractivity contribution in [2.75, 3.05) is 12.8 Å². The van der Waals surface area contributed by atoms with Gasteiger partial charge in [-0.25, -0.2) is 0 Å². The second kappa shape index (κ2) is 5.88. The number of hydrogen-bond donors (Lipinski definition) is 1. The minimum absolute atomic E-state index is 0.482. The molecule has 0 aromatic heterocycles. The molecule has 1 aromatic rings. The Labute approximate surface area is 121 Å². The van der Waals surface area contributed by atoms with Crippen LogP contribution in [0.25, 0.3) is 0 Å². The van der Waals surface area contributed by atoms with E-state index >= 15 is 0 Å². The lowest BCUT2D eigenvalue weighted by Gasteiger charge is -2.21. The van der Waals surface area contributed by atoms with Gasteiger partial charge in [-0.1, -0.05) is 12.1 Å². The molecule has 2 fully saturated rings. The molecular formula is C17H25NS. The summed E-state index contributed by atoms with van der Waals surface area (Å²) < 4.78 is 0. The Balaban J connectivity index is 1.53. The van der Waals surface area contributed by atoms with E-state index in [2.05, 4.69) is 42.8 Å². The van der Waals surface area contributed by atoms with Crippen LogP contribution in [0.5, 0.6) is 0 Å². The fourth-order valence-corrected chi connectivity index (χ4v) is 3.50. The van der Waals surface area contributed by atoms with Gasteiger partial charge >= 0.3 is 0 Å². The minimum Gasteiger partial charge on any atom is -0.310 e. The van der Waals surface area contributed by atoms with E-state index in [1.165, 1.54) is 42.7 Å². The Kier molecular flexibility index (Phi) is 4.18. The van der Waals surface area contributed by atoms with Gasteiger partial charge < -0.3 is 5.32 Å². The van der Waals surface area contributed by atoms with Crippen molar-refractivity contribution in [2.24, 2.45) is 17.8 Å². The number of rotatable bonds is 7. The lowest BCUT2D eigenvalue weighted by atomic mass is 9.97. The average molecular weight is 275 g/mol. The van der Waals surface area contributed by atoms with Gasteiger partial charge in [0.05, 0.1) is 0 Å². The molecule has 0 aliphatic heterocycles. The predicted molar refractivity (Wildman–Crippen MR) is 83.6 cm³/mol. The summed E-state index contributed by atoms with van der Waals surface area (Å²) in [5, 5.41) is 3.77. The fraction of sp³-hybridized carbons (Fsp3) is 0.647. The van der Waals surface area contributed by atoms with Gasteiger partial charge in [0.15, 0.2) is 0 Å². The van der Waals surface area contributed by atoms with E-state index in [-0.39, 0.29) is 0 Å². The normalized spacial score (nSPS) is 20.8. The first-order valence-electron chi connectivity index (χ1n) is 7.65. The van der Waals surface area contributed by atoms with Gasteiger partial charge in [0.1, 0.15) is 0 Å². The lowest BCUT2D eigenvalue weighted by Crippen LogP contribution is -2.28. The molecule has 0 bridgehead atoms. The van der Waals surface area contributed by atoms with E-state index < -0.39 is 0 Å². The minimum atomic E-state index is 0.482.